The zero-order valence-electron chi connectivity index (χ0n) is 16.8. The van der Waals surface area contributed by atoms with Crippen LogP contribution in [-0.2, 0) is 10.0 Å². The Balaban J connectivity index is 1.57. The SMILES string of the molecule is Cc1cc(N(C)C)nc(NCCNS(=O)(=O)c2ccc(-c3coc(C)n3)cc2)n1. The van der Waals surface area contributed by atoms with Crippen molar-refractivity contribution in [3.8, 4) is 11.3 Å². The molecule has 10 heteroatoms. The predicted molar refractivity (Wildman–Crippen MR) is 111 cm³/mol. The van der Waals surface area contributed by atoms with Crippen LogP contribution in [-0.4, -0.2) is 50.6 Å². The molecule has 29 heavy (non-hydrogen) atoms. The number of anilines is 2. The summed E-state index contributed by atoms with van der Waals surface area (Å²) < 4.78 is 32.7. The van der Waals surface area contributed by atoms with Gasteiger partial charge in [0.15, 0.2) is 5.89 Å². The first-order chi connectivity index (χ1) is 13.7. The number of benzene rings is 1. The number of sulfonamides is 1. The molecule has 0 amide bonds. The first kappa shape index (κ1) is 20.7. The lowest BCUT2D eigenvalue weighted by molar-refractivity contribution is 0.521. The molecule has 0 atom stereocenters. The minimum absolute atomic E-state index is 0.183. The highest BCUT2D eigenvalue weighted by Crippen LogP contribution is 2.20. The van der Waals surface area contributed by atoms with Crippen LogP contribution in [0.3, 0.4) is 0 Å². The standard InChI is InChI=1S/C19H24N6O3S/c1-13-11-18(25(3)4)24-19(22-13)20-9-10-21-29(26,27)16-7-5-15(6-8-16)17-12-28-14(2)23-17/h5-8,11-12,21H,9-10H2,1-4H3,(H,20,22,24). The van der Waals surface area contributed by atoms with Gasteiger partial charge in [0.2, 0.25) is 16.0 Å². The Morgan fingerprint density at radius 2 is 1.76 bits per heavy atom. The average molecular weight is 417 g/mol. The molecule has 0 saturated carbocycles. The van der Waals surface area contributed by atoms with E-state index in [2.05, 4.69) is 25.0 Å². The number of rotatable bonds is 8. The van der Waals surface area contributed by atoms with Gasteiger partial charge in [-0.3, -0.25) is 0 Å². The van der Waals surface area contributed by atoms with Gasteiger partial charge in [-0.1, -0.05) is 12.1 Å². The second-order valence-electron chi connectivity index (χ2n) is 6.69. The Kier molecular flexibility index (Phi) is 6.14. The first-order valence-electron chi connectivity index (χ1n) is 9.04. The van der Waals surface area contributed by atoms with Crippen molar-refractivity contribution in [2.75, 3.05) is 37.4 Å². The van der Waals surface area contributed by atoms with Crippen LogP contribution >= 0.6 is 0 Å². The van der Waals surface area contributed by atoms with E-state index in [9.17, 15) is 8.42 Å². The third-order valence-corrected chi connectivity index (χ3v) is 5.56. The zero-order chi connectivity index (χ0) is 21.0. The van der Waals surface area contributed by atoms with E-state index in [4.69, 9.17) is 4.42 Å². The summed E-state index contributed by atoms with van der Waals surface area (Å²) in [7, 11) is 0.174. The van der Waals surface area contributed by atoms with Gasteiger partial charge in [-0.15, -0.1) is 0 Å². The molecule has 3 aromatic rings. The van der Waals surface area contributed by atoms with Gasteiger partial charge in [0, 0.05) is 51.4 Å². The molecule has 0 aliphatic rings. The third-order valence-electron chi connectivity index (χ3n) is 4.08. The van der Waals surface area contributed by atoms with Gasteiger partial charge in [0.1, 0.15) is 17.8 Å². The molecule has 2 N–H and O–H groups in total. The van der Waals surface area contributed by atoms with Crippen LogP contribution in [0.25, 0.3) is 11.3 Å². The number of nitrogens with zero attached hydrogens (tertiary/aromatic N) is 4. The second kappa shape index (κ2) is 8.58. The van der Waals surface area contributed by atoms with Crippen molar-refractivity contribution in [3.63, 3.8) is 0 Å². The fourth-order valence-electron chi connectivity index (χ4n) is 2.60. The Labute approximate surface area is 170 Å². The number of hydrogen-bond donors (Lipinski definition) is 2. The number of aromatic nitrogens is 3. The lowest BCUT2D eigenvalue weighted by Crippen LogP contribution is -2.29. The Morgan fingerprint density at radius 1 is 1.03 bits per heavy atom. The molecular weight excluding hydrogens is 392 g/mol. The number of nitrogens with one attached hydrogen (secondary N) is 2. The Bertz CT molecular complexity index is 1080. The van der Waals surface area contributed by atoms with E-state index in [-0.39, 0.29) is 11.4 Å². The summed E-state index contributed by atoms with van der Waals surface area (Å²) in [5.74, 6) is 1.80. The number of aryl methyl sites for hydroxylation is 2. The topological polar surface area (TPSA) is 113 Å². The molecule has 0 aliphatic heterocycles. The van der Waals surface area contributed by atoms with E-state index in [1.54, 1.807) is 31.2 Å². The molecule has 2 aromatic heterocycles. The summed E-state index contributed by atoms with van der Waals surface area (Å²) in [4.78, 5) is 15.0. The molecule has 3 rings (SSSR count). The highest BCUT2D eigenvalue weighted by molar-refractivity contribution is 7.89. The van der Waals surface area contributed by atoms with Crippen molar-refractivity contribution < 1.29 is 12.8 Å². The quantitative estimate of drug-likeness (QED) is 0.537. The van der Waals surface area contributed by atoms with Gasteiger partial charge in [-0.05, 0) is 19.1 Å². The van der Waals surface area contributed by atoms with Gasteiger partial charge in [0.05, 0.1) is 4.90 Å². The van der Waals surface area contributed by atoms with Crippen LogP contribution in [0.2, 0.25) is 0 Å². The zero-order valence-corrected chi connectivity index (χ0v) is 17.6. The highest BCUT2D eigenvalue weighted by Gasteiger charge is 2.14. The van der Waals surface area contributed by atoms with Crippen LogP contribution in [0.4, 0.5) is 11.8 Å². The molecule has 0 spiro atoms. The normalized spacial score (nSPS) is 11.4. The molecule has 0 unspecified atom stereocenters. The highest BCUT2D eigenvalue weighted by atomic mass is 32.2. The monoisotopic (exact) mass is 416 g/mol. The minimum Gasteiger partial charge on any atom is -0.449 e. The molecular formula is C19H24N6O3S. The molecule has 2 heterocycles. The summed E-state index contributed by atoms with van der Waals surface area (Å²) in [5, 5.41) is 3.04. The first-order valence-corrected chi connectivity index (χ1v) is 10.5. The van der Waals surface area contributed by atoms with Gasteiger partial charge in [-0.25, -0.2) is 23.1 Å². The largest absolute Gasteiger partial charge is 0.449 e. The van der Waals surface area contributed by atoms with Crippen molar-refractivity contribution in [1.29, 1.82) is 0 Å². The number of hydrogen-bond acceptors (Lipinski definition) is 8. The summed E-state index contributed by atoms with van der Waals surface area (Å²) in [5.41, 5.74) is 2.28. The van der Waals surface area contributed by atoms with Crippen LogP contribution in [0.5, 0.6) is 0 Å². The van der Waals surface area contributed by atoms with Crippen LogP contribution in [0.1, 0.15) is 11.6 Å². The van der Waals surface area contributed by atoms with E-state index in [1.165, 1.54) is 6.26 Å². The third kappa shape index (κ3) is 5.30. The maximum absolute atomic E-state index is 12.5. The summed E-state index contributed by atoms with van der Waals surface area (Å²) >= 11 is 0. The molecule has 0 aliphatic carbocycles. The van der Waals surface area contributed by atoms with E-state index < -0.39 is 10.0 Å². The smallest absolute Gasteiger partial charge is 0.240 e. The van der Waals surface area contributed by atoms with E-state index in [1.807, 2.05) is 32.0 Å². The van der Waals surface area contributed by atoms with Crippen LogP contribution in [0, 0.1) is 13.8 Å². The van der Waals surface area contributed by atoms with Crippen molar-refractivity contribution in [1.82, 2.24) is 19.7 Å². The van der Waals surface area contributed by atoms with Gasteiger partial charge in [-0.2, -0.15) is 4.98 Å². The maximum atomic E-state index is 12.5. The lowest BCUT2D eigenvalue weighted by Gasteiger charge is -2.14. The molecule has 0 fully saturated rings. The molecule has 0 radical (unpaired) electrons. The maximum Gasteiger partial charge on any atom is 0.240 e. The van der Waals surface area contributed by atoms with Crippen molar-refractivity contribution in [3.05, 3.63) is 48.2 Å². The molecule has 0 bridgehead atoms. The molecule has 154 valence electrons. The molecule has 1 aromatic carbocycles. The lowest BCUT2D eigenvalue weighted by atomic mass is 10.2. The molecule has 9 nitrogen and oxygen atoms in total. The Morgan fingerprint density at radius 3 is 2.38 bits per heavy atom. The Hall–Kier alpha value is -2.98. The van der Waals surface area contributed by atoms with E-state index >= 15 is 0 Å². The summed E-state index contributed by atoms with van der Waals surface area (Å²) in [6.07, 6.45) is 1.54. The number of oxazole rings is 1. The van der Waals surface area contributed by atoms with Crippen molar-refractivity contribution in [2.45, 2.75) is 18.7 Å². The summed E-state index contributed by atoms with van der Waals surface area (Å²) in [6, 6.07) is 8.36. The van der Waals surface area contributed by atoms with Crippen LogP contribution in [0.15, 0.2) is 45.9 Å². The predicted octanol–water partition coefficient (Wildman–Crippen LogP) is 2.20. The van der Waals surface area contributed by atoms with Crippen molar-refractivity contribution in [2.24, 2.45) is 0 Å². The van der Waals surface area contributed by atoms with Crippen LogP contribution < -0.4 is 14.9 Å². The van der Waals surface area contributed by atoms with Gasteiger partial charge < -0.3 is 14.6 Å². The summed E-state index contributed by atoms with van der Waals surface area (Å²) in [6.45, 7) is 4.18. The van der Waals surface area contributed by atoms with Gasteiger partial charge >= 0.3 is 0 Å². The second-order valence-corrected chi connectivity index (χ2v) is 8.45. The fourth-order valence-corrected chi connectivity index (χ4v) is 3.64. The van der Waals surface area contributed by atoms with E-state index in [0.717, 1.165) is 17.1 Å². The molecule has 0 saturated heterocycles. The van der Waals surface area contributed by atoms with Gasteiger partial charge in [0.25, 0.3) is 0 Å². The van der Waals surface area contributed by atoms with E-state index in [0.29, 0.717) is 24.1 Å². The average Bonchev–Trinajstić information content (AvgIpc) is 3.11. The minimum atomic E-state index is -3.62. The fraction of sp³-hybridized carbons (Fsp3) is 0.316. The van der Waals surface area contributed by atoms with Crippen molar-refractivity contribution >= 4 is 21.8 Å².